The molecule has 21 aromatic rings. The number of rotatable bonds is 1. The van der Waals surface area contributed by atoms with Gasteiger partial charge in [-0.1, -0.05) is 29.5 Å². The van der Waals surface area contributed by atoms with Crippen molar-refractivity contribution in [2.45, 2.75) is 32.7 Å². The second kappa shape index (κ2) is 22.1. The molecule has 1 aromatic carbocycles. The number of imidazole rings is 4. The lowest BCUT2D eigenvalue weighted by Crippen LogP contribution is -2.31. The Hall–Kier alpha value is -13.8. The van der Waals surface area contributed by atoms with Gasteiger partial charge in [0.15, 0.2) is 39.9 Å². The lowest BCUT2D eigenvalue weighted by molar-refractivity contribution is -0.649. The van der Waals surface area contributed by atoms with Crippen LogP contribution in [0.15, 0.2) is 243 Å². The second-order valence-electron chi connectivity index (χ2n) is 25.9. The lowest BCUT2D eigenvalue weighted by Gasteiger charge is -2.02. The summed E-state index contributed by atoms with van der Waals surface area (Å²) >= 11 is 1.53. The average Bonchev–Trinajstić information content (AvgIpc) is 1.47. The summed E-state index contributed by atoms with van der Waals surface area (Å²) in [7, 11) is 2.11. The number of nitrogens with zero attached hydrogens (tertiary/aromatic N) is 23. The molecule has 0 fully saturated rings. The number of aryl methyl sites for hydroxylation is 3. The maximum atomic E-state index is 8.04. The van der Waals surface area contributed by atoms with Crippen LogP contribution in [-0.2, 0) is 53.7 Å². The minimum atomic E-state index is -2.29. The highest BCUT2D eigenvalue weighted by molar-refractivity contribution is 7.24. The predicted molar refractivity (Wildman–Crippen MR) is 389 cm³/mol. The van der Waals surface area contributed by atoms with Crippen LogP contribution in [0, 0.1) is 0 Å². The third-order valence-electron chi connectivity index (χ3n) is 20.4. The number of thiophene rings is 1. The van der Waals surface area contributed by atoms with Crippen molar-refractivity contribution in [2.75, 3.05) is 0 Å². The molecule has 0 spiro atoms. The van der Waals surface area contributed by atoms with Crippen LogP contribution in [0.25, 0.3) is 151 Å². The van der Waals surface area contributed by atoms with Crippen LogP contribution in [0.1, 0.15) is 36.7 Å². The molecule has 26 rings (SSSR count). The average molecular weight is 1380 g/mol. The monoisotopic (exact) mass is 1380 g/mol. The second-order valence-corrected chi connectivity index (χ2v) is 26.9. The molecule has 0 radical (unpaired) electrons. The molecule has 0 unspecified atom stereocenters. The number of benzene rings is 1. The highest BCUT2D eigenvalue weighted by atomic mass is 32.1. The van der Waals surface area contributed by atoms with E-state index in [2.05, 4.69) is 156 Å². The van der Waals surface area contributed by atoms with Crippen molar-refractivity contribution < 1.29 is 35.5 Å². The van der Waals surface area contributed by atoms with Gasteiger partial charge < -0.3 is 4.42 Å². The zero-order valence-electron chi connectivity index (χ0n) is 61.2. The molecule has 0 saturated heterocycles. The number of fused-ring (bicyclic) bond motifs is 35. The van der Waals surface area contributed by atoms with E-state index in [0.717, 1.165) is 142 Å². The van der Waals surface area contributed by atoms with Crippen LogP contribution >= 0.6 is 11.3 Å². The smallest absolute Gasteiger partial charge is 0.380 e. The Morgan fingerprint density at radius 2 is 0.923 bits per heavy atom. The normalized spacial score (nSPS) is 14.0. The van der Waals surface area contributed by atoms with E-state index >= 15 is 0 Å². The van der Waals surface area contributed by atoms with E-state index in [9.17, 15) is 0 Å². The molecule has 5 aliphatic rings. The minimum Gasteiger partial charge on any atom is -0.380 e. The summed E-state index contributed by atoms with van der Waals surface area (Å²) < 4.78 is 80.6. The summed E-state index contributed by atoms with van der Waals surface area (Å²) in [5, 5.41) is 0.885. The maximum Gasteiger partial charge on any atom is 0.385 e. The number of hydrogen-bond acceptors (Lipinski definition) is 12. The van der Waals surface area contributed by atoms with E-state index < -0.39 is 14.0 Å². The summed E-state index contributed by atoms with van der Waals surface area (Å²) in [6, 6.07) is 50.0. The van der Waals surface area contributed by atoms with Gasteiger partial charge in [0.25, 0.3) is 39.8 Å². The van der Waals surface area contributed by atoms with Gasteiger partial charge in [-0.05, 0) is 109 Å². The Morgan fingerprint density at radius 1 is 0.433 bits per heavy atom. The van der Waals surface area contributed by atoms with E-state index in [-0.39, 0.29) is 0 Å². The van der Waals surface area contributed by atoms with Crippen molar-refractivity contribution in [3.63, 3.8) is 0 Å². The Kier molecular flexibility index (Phi) is 11.1. The number of para-hydroxylation sites is 1. The highest BCUT2D eigenvalue weighted by Crippen LogP contribution is 2.40. The molecule has 20 aromatic heterocycles. The molecule has 0 atom stereocenters. The lowest BCUT2D eigenvalue weighted by atomic mass is 10.2. The first kappa shape index (κ1) is 52.2. The van der Waals surface area contributed by atoms with E-state index in [1.807, 2.05) is 152 Å². The van der Waals surface area contributed by atoms with Gasteiger partial charge in [-0.2, -0.15) is 4.57 Å². The van der Waals surface area contributed by atoms with Gasteiger partial charge in [0.05, 0.1) is 98.1 Å². The molecule has 0 aliphatic carbocycles. The van der Waals surface area contributed by atoms with E-state index in [1.54, 1.807) is 37.1 Å². The molecule has 104 heavy (non-hydrogen) atoms. The van der Waals surface area contributed by atoms with Gasteiger partial charge >= 0.3 is 5.89 Å². The van der Waals surface area contributed by atoms with Crippen LogP contribution in [-0.4, -0.2) is 85.7 Å². The topological polar surface area (TPSA) is 199 Å². The molecule has 0 saturated carbocycles. The summed E-state index contributed by atoms with van der Waals surface area (Å²) in [4.78, 5) is 46.1. The molecule has 5 aliphatic heterocycles. The molecule has 0 bridgehead atoms. The third-order valence-corrected chi connectivity index (χ3v) is 21.5. The first-order valence-electron chi connectivity index (χ1n) is 36.8. The van der Waals surface area contributed by atoms with Gasteiger partial charge in [-0.25, -0.2) is 65.7 Å². The van der Waals surface area contributed by atoms with Gasteiger partial charge in [-0.3, -0.25) is 33.7 Å². The fourth-order valence-corrected chi connectivity index (χ4v) is 17.2. The molecule has 0 amide bonds. The predicted octanol–water partition coefficient (Wildman–Crippen LogP) is 10.4. The summed E-state index contributed by atoms with van der Waals surface area (Å²) in [5.41, 5.74) is 23.9. The maximum absolute atomic E-state index is 8.04. The standard InChI is InChI=1S/C20H14N5.2C15H12N5.C15H11N4S.C14H9N4O/c1-2-6-14(7-3-1)25-19-15-8-4-9-21-16(15)13-24(19)17-12-18-22-10-5-11-23(18)20(17)25;2*1-18-14-10-4-2-5-16-11(10)9-20(14)12-8-13-17-6-3-7-19(13)15(12)18;1-18-12-10-5-3-7-17-13(10)20-15(12)19-8-11-9(14(18)19)4-2-6-16-11;1-3-9-10(15-4-1)8-18-11-7-12-16-5-2-6-17(12)14(11)19-13(9)18/h1-12H,13H2;2*2-8H,9H2,1H3;2-7H,8H2,1H3;1-7H,8H2/q5*+1/i;1D3;;1D3;. The van der Waals surface area contributed by atoms with E-state index in [4.69, 9.17) is 12.6 Å². The van der Waals surface area contributed by atoms with Crippen LogP contribution in [0.5, 0.6) is 0 Å². The van der Waals surface area contributed by atoms with Crippen molar-refractivity contribution in [1.82, 2.24) is 85.7 Å². The van der Waals surface area contributed by atoms with Crippen LogP contribution in [0.2, 0.25) is 0 Å². The summed E-state index contributed by atoms with van der Waals surface area (Å²) in [6.07, 6.45) is 25.9. The number of oxazole rings is 1. The van der Waals surface area contributed by atoms with Gasteiger partial charge in [0, 0.05) is 92.6 Å². The van der Waals surface area contributed by atoms with Crippen molar-refractivity contribution in [3.8, 4) is 62.7 Å². The van der Waals surface area contributed by atoms with Crippen molar-refractivity contribution >= 4 is 99.2 Å². The number of pyridine rings is 6. The number of hydrogen-bond donors (Lipinski definition) is 0. The van der Waals surface area contributed by atoms with Crippen LogP contribution in [0.4, 0.5) is 0 Å². The quantitative estimate of drug-likeness (QED) is 0.142. The Labute approximate surface area is 600 Å². The molecule has 496 valence electrons. The van der Waals surface area contributed by atoms with Gasteiger partial charge in [0.2, 0.25) is 16.5 Å². The molecule has 24 nitrogen and oxygen atoms in total. The number of aromatic nitrogens is 23. The van der Waals surface area contributed by atoms with E-state index in [0.29, 0.717) is 30.4 Å². The first-order valence-corrected chi connectivity index (χ1v) is 34.6. The minimum absolute atomic E-state index is 0.571. The molecule has 0 N–H and O–H groups in total. The zero-order chi connectivity index (χ0) is 73.6. The van der Waals surface area contributed by atoms with Crippen LogP contribution in [0.3, 0.4) is 0 Å². The van der Waals surface area contributed by atoms with Gasteiger partial charge in [0.1, 0.15) is 59.2 Å². The molecular formula is C79H58N23OS+5. The largest absolute Gasteiger partial charge is 0.385 e. The first-order chi connectivity index (χ1) is 53.8. The Balaban J connectivity index is 0.0000000850. The molecule has 25 heteroatoms. The van der Waals surface area contributed by atoms with E-state index in [1.165, 1.54) is 59.9 Å². The molecule has 25 heterocycles. The Morgan fingerprint density at radius 3 is 1.56 bits per heavy atom. The van der Waals surface area contributed by atoms with Gasteiger partial charge in [-0.15, -0.1) is 4.57 Å². The molecular weight excluding hydrogens is 1320 g/mol. The fraction of sp³-hybridized carbons (Fsp3) is 0.101. The summed E-state index contributed by atoms with van der Waals surface area (Å²) in [5.74, 6) is 4.66. The Bertz CT molecular complexity index is 7260. The zero-order valence-corrected chi connectivity index (χ0v) is 56.0. The van der Waals surface area contributed by atoms with Crippen LogP contribution < -0.4 is 22.8 Å². The van der Waals surface area contributed by atoms with Crippen molar-refractivity contribution in [1.29, 1.82) is 0 Å². The third kappa shape index (κ3) is 8.30. The SMILES string of the molecule is C[n+]1c2n(c3cc4ncccn4c31)Cc1ncccc1-2.[2H]C([2H])([2H])[n+]1c2n(c3cc4ncccn4c31)Cc1ncccc1-2.[2H]C([2H])([2H])n1c2[n+](c3sc4ncccc4c31)Cc1ncccc1-2.c1ccc(-n2c3[n+](c4cc5ncccn5c42)Cc2ncccc2-3)cc1.c1cnc2c(c1)-c1oc3c(cc4ncccn43)[n+]1C2. The highest BCUT2D eigenvalue weighted by Gasteiger charge is 2.41. The fourth-order valence-electron chi connectivity index (χ4n) is 16.0. The van der Waals surface area contributed by atoms with Crippen molar-refractivity contribution in [2.24, 2.45) is 21.0 Å². The summed E-state index contributed by atoms with van der Waals surface area (Å²) in [6.45, 7) is -1.01. The van der Waals surface area contributed by atoms with Crippen molar-refractivity contribution in [3.05, 3.63) is 267 Å².